The molecule has 0 bridgehead atoms. The molecule has 0 radical (unpaired) electrons. The molecule has 0 unspecified atom stereocenters. The van der Waals surface area contributed by atoms with Crippen molar-refractivity contribution in [2.75, 3.05) is 0 Å². The van der Waals surface area contributed by atoms with E-state index in [2.05, 4.69) is 5.10 Å². The number of benzene rings is 1. The molecular formula is C14H9Cl2N3O5. The van der Waals surface area contributed by atoms with Gasteiger partial charge in [-0.15, -0.1) is 5.10 Å². The Hall–Kier alpha value is -2.58. The molecule has 0 aliphatic carbocycles. The van der Waals surface area contributed by atoms with Gasteiger partial charge in [-0.25, -0.2) is 0 Å². The minimum Gasteiger partial charge on any atom is -0.443 e. The maximum absolute atomic E-state index is 11.8. The van der Waals surface area contributed by atoms with E-state index in [-0.39, 0.29) is 17.6 Å². The minimum absolute atomic E-state index is 0.0375. The Morgan fingerprint density at radius 2 is 2.04 bits per heavy atom. The zero-order chi connectivity index (χ0) is 17.4. The highest BCUT2D eigenvalue weighted by Gasteiger charge is 2.35. The number of carbonyl (C=O) groups excluding carboxylic acids is 1. The van der Waals surface area contributed by atoms with Gasteiger partial charge >= 0.3 is 5.88 Å². The Morgan fingerprint density at radius 1 is 1.29 bits per heavy atom. The number of amides is 1. The number of hydrogen-bond donors (Lipinski definition) is 0. The molecule has 10 heteroatoms. The largest absolute Gasteiger partial charge is 0.443 e. The van der Waals surface area contributed by atoms with Crippen LogP contribution in [0.4, 0.5) is 5.88 Å². The van der Waals surface area contributed by atoms with Gasteiger partial charge < -0.3 is 9.15 Å². The van der Waals surface area contributed by atoms with E-state index in [9.17, 15) is 14.9 Å². The molecule has 8 nitrogen and oxygen atoms in total. The van der Waals surface area contributed by atoms with Crippen LogP contribution in [0, 0.1) is 10.1 Å². The predicted molar refractivity (Wildman–Crippen MR) is 84.7 cm³/mol. The second-order valence-electron chi connectivity index (χ2n) is 4.81. The van der Waals surface area contributed by atoms with Gasteiger partial charge in [-0.3, -0.25) is 14.9 Å². The summed E-state index contributed by atoms with van der Waals surface area (Å²) in [6, 6.07) is 7.26. The number of halogens is 2. The molecule has 2 aromatic rings. The van der Waals surface area contributed by atoms with Crippen LogP contribution in [0.1, 0.15) is 24.5 Å². The maximum atomic E-state index is 11.8. The molecule has 0 saturated heterocycles. The third-order valence-corrected chi connectivity index (χ3v) is 3.92. The van der Waals surface area contributed by atoms with E-state index in [0.717, 1.165) is 5.01 Å². The topological polar surface area (TPSA) is 98.2 Å². The lowest BCUT2D eigenvalue weighted by molar-refractivity contribution is -0.402. The van der Waals surface area contributed by atoms with Gasteiger partial charge in [-0.05, 0) is 18.2 Å². The average molecular weight is 370 g/mol. The van der Waals surface area contributed by atoms with E-state index in [0.29, 0.717) is 15.6 Å². The fourth-order valence-electron chi connectivity index (χ4n) is 2.09. The smallest absolute Gasteiger partial charge is 0.433 e. The van der Waals surface area contributed by atoms with Crippen molar-refractivity contribution in [3.8, 4) is 0 Å². The number of hydrogen-bond acceptors (Lipinski definition) is 6. The molecule has 1 amide bonds. The molecule has 1 aromatic carbocycles. The summed E-state index contributed by atoms with van der Waals surface area (Å²) < 4.78 is 10.7. The molecule has 0 N–H and O–H groups in total. The highest BCUT2D eigenvalue weighted by atomic mass is 35.5. The first-order chi connectivity index (χ1) is 11.4. The molecule has 124 valence electrons. The van der Waals surface area contributed by atoms with Crippen molar-refractivity contribution >= 4 is 40.9 Å². The molecule has 3 rings (SSSR count). The Balaban J connectivity index is 1.94. The van der Waals surface area contributed by atoms with Gasteiger partial charge in [0.2, 0.25) is 12.1 Å². The summed E-state index contributed by atoms with van der Waals surface area (Å²) in [7, 11) is 0. The SMILES string of the molecule is CC(=O)N1N=C(c2ccc([N+](=O)[O-])o2)O[C@H]1c1ccc(Cl)c(Cl)c1. The summed E-state index contributed by atoms with van der Waals surface area (Å²) >= 11 is 11.9. The first-order valence-corrected chi connectivity index (χ1v) is 7.37. The number of ether oxygens (including phenoxy) is 1. The minimum atomic E-state index is -0.878. The molecule has 1 atom stereocenters. The van der Waals surface area contributed by atoms with Gasteiger partial charge in [0.25, 0.3) is 5.90 Å². The van der Waals surface area contributed by atoms with E-state index in [1.165, 1.54) is 19.1 Å². The Labute approximate surface area is 145 Å². The molecule has 2 heterocycles. The van der Waals surface area contributed by atoms with Crippen LogP contribution >= 0.6 is 23.2 Å². The zero-order valence-electron chi connectivity index (χ0n) is 12.1. The van der Waals surface area contributed by atoms with Crippen LogP contribution in [0.25, 0.3) is 0 Å². The lowest BCUT2D eigenvalue weighted by atomic mass is 10.2. The van der Waals surface area contributed by atoms with Crippen molar-refractivity contribution in [3.63, 3.8) is 0 Å². The zero-order valence-corrected chi connectivity index (χ0v) is 13.6. The van der Waals surface area contributed by atoms with Gasteiger partial charge in [0.15, 0.2) is 5.76 Å². The van der Waals surface area contributed by atoms with E-state index in [1.807, 2.05) is 0 Å². The Morgan fingerprint density at radius 3 is 2.62 bits per heavy atom. The highest BCUT2D eigenvalue weighted by Crippen LogP contribution is 2.34. The van der Waals surface area contributed by atoms with Gasteiger partial charge in [0.05, 0.1) is 16.1 Å². The van der Waals surface area contributed by atoms with Crippen LogP contribution in [0.5, 0.6) is 0 Å². The second kappa shape index (κ2) is 6.14. The Bertz CT molecular complexity index is 864. The molecule has 24 heavy (non-hydrogen) atoms. The van der Waals surface area contributed by atoms with Crippen LogP contribution < -0.4 is 0 Å². The highest BCUT2D eigenvalue weighted by molar-refractivity contribution is 6.42. The predicted octanol–water partition coefficient (Wildman–Crippen LogP) is 3.73. The van der Waals surface area contributed by atoms with Crippen LogP contribution in [-0.4, -0.2) is 21.7 Å². The van der Waals surface area contributed by atoms with Crippen molar-refractivity contribution in [1.29, 1.82) is 0 Å². The number of carbonyl (C=O) groups is 1. The summed E-state index contributed by atoms with van der Waals surface area (Å²) in [5.41, 5.74) is 0.541. The molecule has 1 aromatic heterocycles. The Kier molecular flexibility index (Phi) is 4.16. The summed E-state index contributed by atoms with van der Waals surface area (Å²) in [5.74, 6) is -0.851. The van der Waals surface area contributed by atoms with E-state index in [1.54, 1.807) is 18.2 Å². The molecule has 1 aliphatic heterocycles. The van der Waals surface area contributed by atoms with Crippen LogP contribution in [0.15, 0.2) is 39.9 Å². The van der Waals surface area contributed by atoms with Gasteiger partial charge in [0.1, 0.15) is 4.92 Å². The first kappa shape index (κ1) is 16.3. The summed E-state index contributed by atoms with van der Waals surface area (Å²) in [6.45, 7) is 1.31. The first-order valence-electron chi connectivity index (χ1n) is 6.61. The lowest BCUT2D eigenvalue weighted by Gasteiger charge is -2.19. The third-order valence-electron chi connectivity index (χ3n) is 3.18. The molecule has 0 spiro atoms. The number of furan rings is 1. The quantitative estimate of drug-likeness (QED) is 0.606. The standard InChI is InChI=1S/C14H9Cl2N3O5/c1-7(20)18-14(8-2-3-9(15)10(16)6-8)24-13(17-18)11-4-5-12(23-11)19(21)22/h2-6,14H,1H3/t14-/m0/s1. The molecule has 0 fully saturated rings. The van der Waals surface area contributed by atoms with Crippen molar-refractivity contribution < 1.29 is 18.9 Å². The van der Waals surface area contributed by atoms with Crippen molar-refractivity contribution in [3.05, 3.63) is 61.8 Å². The van der Waals surface area contributed by atoms with E-state index < -0.39 is 17.0 Å². The molecule has 0 saturated carbocycles. The van der Waals surface area contributed by atoms with E-state index >= 15 is 0 Å². The summed E-state index contributed by atoms with van der Waals surface area (Å²) in [6.07, 6.45) is -0.878. The second-order valence-corrected chi connectivity index (χ2v) is 5.62. The number of nitrogens with zero attached hydrogens (tertiary/aromatic N) is 3. The summed E-state index contributed by atoms with van der Waals surface area (Å²) in [4.78, 5) is 21.8. The van der Waals surface area contributed by atoms with Crippen LogP contribution in [-0.2, 0) is 9.53 Å². The van der Waals surface area contributed by atoms with E-state index in [4.69, 9.17) is 32.4 Å². The van der Waals surface area contributed by atoms with Crippen molar-refractivity contribution in [2.24, 2.45) is 5.10 Å². The van der Waals surface area contributed by atoms with Crippen molar-refractivity contribution in [2.45, 2.75) is 13.2 Å². The molecule has 1 aliphatic rings. The number of nitro groups is 1. The number of hydrazone groups is 1. The van der Waals surface area contributed by atoms with Crippen LogP contribution in [0.3, 0.4) is 0 Å². The average Bonchev–Trinajstić information content (AvgIpc) is 3.16. The van der Waals surface area contributed by atoms with Crippen LogP contribution in [0.2, 0.25) is 10.0 Å². The number of rotatable bonds is 3. The summed E-state index contributed by atoms with van der Waals surface area (Å²) in [5, 5.41) is 16.5. The van der Waals surface area contributed by atoms with Gasteiger partial charge in [-0.1, -0.05) is 29.3 Å². The third kappa shape index (κ3) is 2.93. The lowest BCUT2D eigenvalue weighted by Crippen LogP contribution is -2.25. The fourth-order valence-corrected chi connectivity index (χ4v) is 2.39. The monoisotopic (exact) mass is 369 g/mol. The van der Waals surface area contributed by atoms with Gasteiger partial charge in [-0.2, -0.15) is 5.01 Å². The molecular weight excluding hydrogens is 361 g/mol. The van der Waals surface area contributed by atoms with Gasteiger partial charge in [0, 0.05) is 12.5 Å². The van der Waals surface area contributed by atoms with Crippen molar-refractivity contribution in [1.82, 2.24) is 5.01 Å². The fraction of sp³-hybridized carbons (Fsp3) is 0.143. The maximum Gasteiger partial charge on any atom is 0.433 e. The normalized spacial score (nSPS) is 16.7.